The van der Waals surface area contributed by atoms with E-state index < -0.39 is 24.2 Å². The van der Waals surface area contributed by atoms with Crippen LogP contribution in [-0.4, -0.2) is 29.5 Å². The summed E-state index contributed by atoms with van der Waals surface area (Å²) in [6.45, 7) is 3.65. The van der Waals surface area contributed by atoms with E-state index in [0.717, 1.165) is 51.4 Å². The first kappa shape index (κ1) is 28.2. The number of aromatic amines is 1. The Labute approximate surface area is 204 Å². The number of rotatable bonds is 16. The van der Waals surface area contributed by atoms with E-state index in [9.17, 15) is 14.0 Å². The van der Waals surface area contributed by atoms with Gasteiger partial charge in [0.25, 0.3) is 0 Å². The van der Waals surface area contributed by atoms with Gasteiger partial charge in [-0.15, -0.1) is 0 Å². The summed E-state index contributed by atoms with van der Waals surface area (Å²) in [6, 6.07) is 0. The van der Waals surface area contributed by atoms with E-state index in [0.29, 0.717) is 12.0 Å². The molecule has 0 aliphatic heterocycles. The molecule has 0 spiro atoms. The maximum Gasteiger partial charge on any atom is 0.511 e. The van der Waals surface area contributed by atoms with E-state index in [2.05, 4.69) is 11.9 Å². The number of H-pyrrole nitrogens is 1. The average molecular weight is 482 g/mol. The molecule has 1 unspecified atom stereocenters. The molecule has 34 heavy (non-hydrogen) atoms. The van der Waals surface area contributed by atoms with Crippen LogP contribution in [0.4, 0.5) is 9.18 Å². The third-order valence-corrected chi connectivity index (χ3v) is 6.50. The lowest BCUT2D eigenvalue weighted by Gasteiger charge is -2.22. The van der Waals surface area contributed by atoms with Gasteiger partial charge in [0.1, 0.15) is 6.10 Å². The Hall–Kier alpha value is -2.05. The van der Waals surface area contributed by atoms with Crippen LogP contribution in [0.15, 0.2) is 6.20 Å². The Kier molecular flexibility index (Phi) is 13.7. The summed E-state index contributed by atoms with van der Waals surface area (Å²) in [7, 11) is 0. The minimum absolute atomic E-state index is 0.150. The highest BCUT2D eigenvalue weighted by Gasteiger charge is 2.24. The molecule has 6 nitrogen and oxygen atoms in total. The first-order chi connectivity index (χ1) is 16.5. The minimum atomic E-state index is -1.17. The zero-order valence-corrected chi connectivity index (χ0v) is 21.2. The molecule has 0 amide bonds. The monoisotopic (exact) mass is 481 g/mol. The fourth-order valence-corrected chi connectivity index (χ4v) is 4.47. The van der Waals surface area contributed by atoms with Gasteiger partial charge in [0.2, 0.25) is 6.29 Å². The van der Waals surface area contributed by atoms with Crippen LogP contribution in [0.2, 0.25) is 0 Å². The van der Waals surface area contributed by atoms with Gasteiger partial charge in [0, 0.05) is 18.7 Å². The maximum absolute atomic E-state index is 14.6. The van der Waals surface area contributed by atoms with Gasteiger partial charge in [-0.3, -0.25) is 0 Å². The van der Waals surface area contributed by atoms with Gasteiger partial charge in [0.05, 0.1) is 0 Å². The molecule has 1 aliphatic rings. The van der Waals surface area contributed by atoms with Crippen molar-refractivity contribution in [2.24, 2.45) is 0 Å². The Morgan fingerprint density at radius 1 is 0.941 bits per heavy atom. The number of carbonyl (C=O) groups is 2. The molecule has 194 valence electrons. The fraction of sp³-hybridized carbons (Fsp3) is 0.778. The Bertz CT molecular complexity index is 714. The minimum Gasteiger partial charge on any atom is -0.431 e. The molecule has 1 heterocycles. The number of unbranched alkanes of at least 4 members (excludes halogenated alkanes) is 10. The highest BCUT2D eigenvalue weighted by Crippen LogP contribution is 2.21. The van der Waals surface area contributed by atoms with E-state index in [4.69, 9.17) is 14.2 Å². The van der Waals surface area contributed by atoms with E-state index in [1.54, 1.807) is 0 Å². The van der Waals surface area contributed by atoms with Crippen molar-refractivity contribution in [1.82, 2.24) is 4.98 Å². The Morgan fingerprint density at radius 3 is 2.15 bits per heavy atom. The number of nitrogens with one attached hydrogen (secondary N) is 1. The first-order valence-corrected chi connectivity index (χ1v) is 13.4. The Morgan fingerprint density at radius 2 is 1.53 bits per heavy atom. The molecule has 0 aromatic carbocycles. The zero-order chi connectivity index (χ0) is 24.6. The number of ether oxygens (including phenoxy) is 3. The molecule has 7 heteroatoms. The summed E-state index contributed by atoms with van der Waals surface area (Å²) >= 11 is 0. The highest BCUT2D eigenvalue weighted by atomic mass is 19.1. The van der Waals surface area contributed by atoms with E-state index in [-0.39, 0.29) is 11.8 Å². The molecule has 1 aliphatic carbocycles. The van der Waals surface area contributed by atoms with Crippen LogP contribution in [0.5, 0.6) is 0 Å². The molecule has 1 N–H and O–H groups in total. The van der Waals surface area contributed by atoms with Crippen molar-refractivity contribution in [3.05, 3.63) is 23.3 Å². The molecule has 0 radical (unpaired) electrons. The van der Waals surface area contributed by atoms with Crippen molar-refractivity contribution < 1.29 is 28.2 Å². The van der Waals surface area contributed by atoms with Crippen molar-refractivity contribution in [3.8, 4) is 0 Å². The summed E-state index contributed by atoms with van der Waals surface area (Å²) in [5, 5.41) is 0. The topological polar surface area (TPSA) is 77.6 Å². The second kappa shape index (κ2) is 16.6. The number of halogens is 1. The van der Waals surface area contributed by atoms with Gasteiger partial charge in [-0.1, -0.05) is 77.6 Å². The normalized spacial score (nSPS) is 15.1. The molecule has 1 saturated carbocycles. The molecular formula is C27H44FNO5. The molecule has 1 aromatic heterocycles. The lowest BCUT2D eigenvalue weighted by molar-refractivity contribution is -0.0918. The van der Waals surface area contributed by atoms with Crippen LogP contribution >= 0.6 is 0 Å². The lowest BCUT2D eigenvalue weighted by Crippen LogP contribution is -2.27. The van der Waals surface area contributed by atoms with E-state index >= 15 is 0 Å². The predicted molar refractivity (Wildman–Crippen MR) is 130 cm³/mol. The number of aromatic nitrogens is 1. The molecule has 1 fully saturated rings. The largest absolute Gasteiger partial charge is 0.511 e. The quantitative estimate of drug-likeness (QED) is 0.147. The first-order valence-electron chi connectivity index (χ1n) is 13.4. The van der Waals surface area contributed by atoms with Crippen LogP contribution in [0, 0.1) is 5.82 Å². The number of carbonyl (C=O) groups excluding carboxylic acids is 2. The summed E-state index contributed by atoms with van der Waals surface area (Å²) < 4.78 is 30.0. The third-order valence-electron chi connectivity index (χ3n) is 6.50. The number of aryl methyl sites for hydroxylation is 1. The standard InChI is InChI=1S/C27H44FNO5/c1-3-4-5-6-7-8-9-10-11-12-14-17-22-20-29-25(24(22)28)26(30)32-21(2)33-27(31)34-23-18-15-13-16-19-23/h20-21,23,29H,3-19H2,1-2H3. The van der Waals surface area contributed by atoms with E-state index in [1.807, 2.05) is 0 Å². The highest BCUT2D eigenvalue weighted by molar-refractivity contribution is 5.88. The van der Waals surface area contributed by atoms with Gasteiger partial charge >= 0.3 is 12.1 Å². The van der Waals surface area contributed by atoms with Crippen LogP contribution in [-0.2, 0) is 20.6 Å². The molecule has 1 aromatic rings. The zero-order valence-electron chi connectivity index (χ0n) is 21.2. The van der Waals surface area contributed by atoms with Crippen LogP contribution in [0.1, 0.15) is 133 Å². The molecular weight excluding hydrogens is 437 g/mol. The molecule has 1 atom stereocenters. The summed E-state index contributed by atoms with van der Waals surface area (Å²) in [5.74, 6) is -1.48. The number of hydrogen-bond donors (Lipinski definition) is 1. The van der Waals surface area contributed by atoms with Crippen molar-refractivity contribution in [1.29, 1.82) is 0 Å². The molecule has 2 rings (SSSR count). The predicted octanol–water partition coefficient (Wildman–Crippen LogP) is 8.00. The summed E-state index contributed by atoms with van der Waals surface area (Å²) in [6.07, 6.45) is 18.3. The van der Waals surface area contributed by atoms with Crippen molar-refractivity contribution >= 4 is 12.1 Å². The SMILES string of the molecule is CCCCCCCCCCCCCc1c[nH]c(C(=O)OC(C)OC(=O)OC2CCCCC2)c1F. The van der Waals surface area contributed by atoms with Gasteiger partial charge < -0.3 is 19.2 Å². The second-order valence-corrected chi connectivity index (χ2v) is 9.51. The van der Waals surface area contributed by atoms with E-state index in [1.165, 1.54) is 64.5 Å². The number of hydrogen-bond acceptors (Lipinski definition) is 5. The summed E-state index contributed by atoms with van der Waals surface area (Å²) in [4.78, 5) is 26.8. The maximum atomic E-state index is 14.6. The summed E-state index contributed by atoms with van der Waals surface area (Å²) in [5.41, 5.74) is 0.238. The van der Waals surface area contributed by atoms with Crippen LogP contribution < -0.4 is 0 Å². The van der Waals surface area contributed by atoms with Gasteiger partial charge in [0.15, 0.2) is 11.5 Å². The van der Waals surface area contributed by atoms with Crippen molar-refractivity contribution in [2.75, 3.05) is 0 Å². The third kappa shape index (κ3) is 10.9. The molecule has 0 saturated heterocycles. The fourth-order valence-electron chi connectivity index (χ4n) is 4.47. The van der Waals surface area contributed by atoms with Crippen LogP contribution in [0.3, 0.4) is 0 Å². The number of esters is 1. The molecule has 0 bridgehead atoms. The van der Waals surface area contributed by atoms with Gasteiger partial charge in [-0.25, -0.2) is 14.0 Å². The van der Waals surface area contributed by atoms with Gasteiger partial charge in [-0.2, -0.15) is 0 Å². The average Bonchev–Trinajstić information content (AvgIpc) is 3.18. The Balaban J connectivity index is 1.60. The van der Waals surface area contributed by atoms with Crippen LogP contribution in [0.25, 0.3) is 0 Å². The lowest BCUT2D eigenvalue weighted by atomic mass is 9.98. The van der Waals surface area contributed by atoms with Crippen molar-refractivity contribution in [3.63, 3.8) is 0 Å². The second-order valence-electron chi connectivity index (χ2n) is 9.51. The smallest absolute Gasteiger partial charge is 0.431 e. The van der Waals surface area contributed by atoms with Crippen molar-refractivity contribution in [2.45, 2.75) is 135 Å². The van der Waals surface area contributed by atoms with Gasteiger partial charge in [-0.05, 0) is 38.5 Å².